The zero-order valence-corrected chi connectivity index (χ0v) is 15.2. The fourth-order valence-electron chi connectivity index (χ4n) is 3.61. The molecule has 3 aromatic rings. The van der Waals surface area contributed by atoms with E-state index in [1.807, 2.05) is 0 Å². The van der Waals surface area contributed by atoms with Crippen molar-refractivity contribution in [1.82, 2.24) is 14.5 Å². The van der Waals surface area contributed by atoms with Gasteiger partial charge in [-0.1, -0.05) is 24.3 Å². The number of carbonyl (C=O) groups is 1. The van der Waals surface area contributed by atoms with Crippen molar-refractivity contribution in [3.63, 3.8) is 0 Å². The lowest BCUT2D eigenvalue weighted by molar-refractivity contribution is 0.0609. The van der Waals surface area contributed by atoms with Crippen LogP contribution in [0.1, 0.15) is 48.0 Å². The molecule has 142 valence electrons. The van der Waals surface area contributed by atoms with Crippen LogP contribution in [0.15, 0.2) is 36.7 Å². The second kappa shape index (κ2) is 6.98. The van der Waals surface area contributed by atoms with Gasteiger partial charge in [-0.2, -0.15) is 4.98 Å². The second-order valence-electron chi connectivity index (χ2n) is 7.07. The molecule has 0 atom stereocenters. The van der Waals surface area contributed by atoms with Crippen molar-refractivity contribution in [2.45, 2.75) is 37.7 Å². The van der Waals surface area contributed by atoms with Crippen molar-refractivity contribution in [2.75, 3.05) is 5.73 Å². The lowest BCUT2D eigenvalue weighted by Gasteiger charge is -2.26. The molecular weight excluding hydrogens is 356 g/mol. The van der Waals surface area contributed by atoms with Crippen molar-refractivity contribution in [3.05, 3.63) is 47.8 Å². The van der Waals surface area contributed by atoms with E-state index in [1.165, 1.54) is 12.4 Å². The van der Waals surface area contributed by atoms with Gasteiger partial charge in [-0.05, 0) is 43.9 Å². The Labute approximate surface area is 161 Å². The van der Waals surface area contributed by atoms with E-state index < -0.39 is 11.6 Å². The summed E-state index contributed by atoms with van der Waals surface area (Å²) in [5.41, 5.74) is 6.25. The van der Waals surface area contributed by atoms with Gasteiger partial charge in [-0.15, -0.1) is 0 Å². The first-order chi connectivity index (χ1) is 13.5. The summed E-state index contributed by atoms with van der Waals surface area (Å²) in [6.45, 7) is 0. The molecule has 1 aliphatic rings. The maximum Gasteiger partial charge on any atom is 0.337 e. The molecule has 7 heteroatoms. The maximum absolute atomic E-state index is 11.7. The molecule has 1 aliphatic carbocycles. The van der Waals surface area contributed by atoms with Gasteiger partial charge in [0.15, 0.2) is 0 Å². The van der Waals surface area contributed by atoms with Gasteiger partial charge in [-0.25, -0.2) is 9.78 Å². The first-order valence-electron chi connectivity index (χ1n) is 9.18. The monoisotopic (exact) mass is 376 g/mol. The average molecular weight is 376 g/mol. The third-order valence-electron chi connectivity index (χ3n) is 5.06. The van der Waals surface area contributed by atoms with E-state index >= 15 is 0 Å². The standard InChI is InChI=1S/C21H20N4O3/c22-20-23-11-7-18(24-20)25-13-16(19(26)27)15-5-4-14(12-17(15)25)6-10-21(28)8-2-1-3-9-21/h4-5,7,11-13,28H,1-3,8-9H2,(H,26,27)(H2,22,23,24). The molecule has 1 fully saturated rings. The van der Waals surface area contributed by atoms with Crippen LogP contribution < -0.4 is 5.73 Å². The number of aromatic carboxylic acids is 1. The molecule has 1 saturated carbocycles. The number of carboxylic acid groups (broad SMARTS) is 1. The van der Waals surface area contributed by atoms with E-state index in [0.29, 0.717) is 35.1 Å². The predicted molar refractivity (Wildman–Crippen MR) is 105 cm³/mol. The first kappa shape index (κ1) is 18.0. The van der Waals surface area contributed by atoms with Gasteiger partial charge in [0.05, 0.1) is 11.1 Å². The Balaban J connectivity index is 1.82. The van der Waals surface area contributed by atoms with Crippen LogP contribution >= 0.6 is 0 Å². The third-order valence-corrected chi connectivity index (χ3v) is 5.06. The number of carboxylic acids is 1. The van der Waals surface area contributed by atoms with Crippen LogP contribution in [0.4, 0.5) is 5.95 Å². The molecule has 0 unspecified atom stereocenters. The highest BCUT2D eigenvalue weighted by Gasteiger charge is 2.26. The minimum atomic E-state index is -1.03. The minimum absolute atomic E-state index is 0.103. The second-order valence-corrected chi connectivity index (χ2v) is 7.07. The van der Waals surface area contributed by atoms with Crippen LogP contribution in [0.3, 0.4) is 0 Å². The van der Waals surface area contributed by atoms with Crippen LogP contribution in [0.5, 0.6) is 0 Å². The summed E-state index contributed by atoms with van der Waals surface area (Å²) >= 11 is 0. The Hall–Kier alpha value is -3.37. The molecule has 4 rings (SSSR count). The number of hydrogen-bond acceptors (Lipinski definition) is 5. The number of nitrogens with two attached hydrogens (primary N) is 1. The molecule has 1 aromatic carbocycles. The molecule has 0 radical (unpaired) electrons. The summed E-state index contributed by atoms with van der Waals surface area (Å²) in [5.74, 6) is 5.62. The van der Waals surface area contributed by atoms with E-state index in [2.05, 4.69) is 21.8 Å². The van der Waals surface area contributed by atoms with Crippen molar-refractivity contribution in [1.29, 1.82) is 0 Å². The number of benzene rings is 1. The van der Waals surface area contributed by atoms with Gasteiger partial charge >= 0.3 is 5.97 Å². The average Bonchev–Trinajstić information content (AvgIpc) is 3.06. The van der Waals surface area contributed by atoms with Crippen molar-refractivity contribution < 1.29 is 15.0 Å². The lowest BCUT2D eigenvalue weighted by atomic mass is 9.85. The topological polar surface area (TPSA) is 114 Å². The van der Waals surface area contributed by atoms with Crippen LogP contribution in [0.25, 0.3) is 16.7 Å². The molecule has 0 spiro atoms. The van der Waals surface area contributed by atoms with E-state index in [4.69, 9.17) is 5.73 Å². The van der Waals surface area contributed by atoms with Gasteiger partial charge in [0.2, 0.25) is 5.95 Å². The smallest absolute Gasteiger partial charge is 0.337 e. The van der Waals surface area contributed by atoms with Crippen LogP contribution in [-0.2, 0) is 0 Å². The largest absolute Gasteiger partial charge is 0.478 e. The summed E-state index contributed by atoms with van der Waals surface area (Å²) in [7, 11) is 0. The van der Waals surface area contributed by atoms with Gasteiger partial charge in [-0.3, -0.25) is 0 Å². The molecule has 0 bridgehead atoms. The predicted octanol–water partition coefficient (Wildman–Crippen LogP) is 2.75. The molecule has 0 saturated heterocycles. The minimum Gasteiger partial charge on any atom is -0.478 e. The highest BCUT2D eigenvalue weighted by atomic mass is 16.4. The fraction of sp³-hybridized carbons (Fsp3) is 0.286. The SMILES string of the molecule is Nc1nccc(-n2cc(C(=O)O)c3ccc(C#CC4(O)CCCCC4)cc32)n1. The van der Waals surface area contributed by atoms with Gasteiger partial charge < -0.3 is 20.5 Å². The Kier molecular flexibility index (Phi) is 4.49. The van der Waals surface area contributed by atoms with Crippen molar-refractivity contribution in [2.24, 2.45) is 0 Å². The van der Waals surface area contributed by atoms with E-state index in [0.717, 1.165) is 19.3 Å². The van der Waals surface area contributed by atoms with Gasteiger partial charge in [0.25, 0.3) is 0 Å². The summed E-state index contributed by atoms with van der Waals surface area (Å²) in [6, 6.07) is 6.96. The zero-order valence-electron chi connectivity index (χ0n) is 15.2. The van der Waals surface area contributed by atoms with Crippen LogP contribution in [-0.4, -0.2) is 36.3 Å². The highest BCUT2D eigenvalue weighted by molar-refractivity contribution is 6.04. The summed E-state index contributed by atoms with van der Waals surface area (Å²) in [5, 5.41) is 20.7. The van der Waals surface area contributed by atoms with E-state index in [1.54, 1.807) is 28.8 Å². The number of nitrogens with zero attached hydrogens (tertiary/aromatic N) is 3. The molecule has 0 amide bonds. The van der Waals surface area contributed by atoms with Crippen molar-refractivity contribution in [3.8, 4) is 17.7 Å². The van der Waals surface area contributed by atoms with E-state index in [9.17, 15) is 15.0 Å². The van der Waals surface area contributed by atoms with Crippen LogP contribution in [0, 0.1) is 11.8 Å². The summed E-state index contributed by atoms with van der Waals surface area (Å²) in [6.07, 6.45) is 7.48. The maximum atomic E-state index is 11.7. The number of anilines is 1. The Morgan fingerprint density at radius 3 is 2.71 bits per heavy atom. The van der Waals surface area contributed by atoms with Crippen LogP contribution in [0.2, 0.25) is 0 Å². The normalized spacial score (nSPS) is 15.8. The third kappa shape index (κ3) is 3.42. The molecule has 7 nitrogen and oxygen atoms in total. The molecular formula is C21H20N4O3. The number of hydrogen-bond donors (Lipinski definition) is 3. The van der Waals surface area contributed by atoms with E-state index in [-0.39, 0.29) is 11.5 Å². The molecule has 0 aliphatic heterocycles. The Morgan fingerprint density at radius 1 is 1.21 bits per heavy atom. The number of fused-ring (bicyclic) bond motifs is 1. The lowest BCUT2D eigenvalue weighted by Crippen LogP contribution is -2.29. The Morgan fingerprint density at radius 2 is 2.00 bits per heavy atom. The fourth-order valence-corrected chi connectivity index (χ4v) is 3.61. The highest BCUT2D eigenvalue weighted by Crippen LogP contribution is 2.28. The number of aromatic nitrogens is 3. The molecule has 28 heavy (non-hydrogen) atoms. The van der Waals surface area contributed by atoms with Crippen molar-refractivity contribution >= 4 is 22.8 Å². The molecule has 4 N–H and O–H groups in total. The molecule has 2 aromatic heterocycles. The van der Waals surface area contributed by atoms with Gasteiger partial charge in [0.1, 0.15) is 11.4 Å². The first-order valence-corrected chi connectivity index (χ1v) is 9.18. The Bertz CT molecular complexity index is 1120. The summed E-state index contributed by atoms with van der Waals surface area (Å²) in [4.78, 5) is 19.7. The quantitative estimate of drug-likeness (QED) is 0.593. The summed E-state index contributed by atoms with van der Waals surface area (Å²) < 4.78 is 1.66. The zero-order chi connectivity index (χ0) is 19.7. The number of aliphatic hydroxyl groups is 1. The molecule has 2 heterocycles. The number of nitrogen functional groups attached to an aromatic ring is 1. The van der Waals surface area contributed by atoms with Gasteiger partial charge in [0, 0.05) is 23.3 Å². The number of rotatable bonds is 2.